The van der Waals surface area contributed by atoms with Crippen molar-refractivity contribution in [2.75, 3.05) is 13.1 Å². The summed E-state index contributed by atoms with van der Waals surface area (Å²) in [6, 6.07) is 0. The molecular formula is C7H13F3N2O. The second-order valence-corrected chi connectivity index (χ2v) is 2.89. The SMILES string of the molecule is C=NN(CC)CC(C)(O)C(F)(F)F. The summed E-state index contributed by atoms with van der Waals surface area (Å²) in [6.07, 6.45) is -4.65. The number of hydrogen-bond donors (Lipinski definition) is 1. The van der Waals surface area contributed by atoms with Crippen LogP contribution in [0.25, 0.3) is 0 Å². The number of hydrogen-bond acceptors (Lipinski definition) is 3. The lowest BCUT2D eigenvalue weighted by Gasteiger charge is -2.30. The fourth-order valence-electron chi connectivity index (χ4n) is 0.707. The molecule has 0 aromatic heterocycles. The first-order valence-electron chi connectivity index (χ1n) is 3.75. The van der Waals surface area contributed by atoms with Crippen LogP contribution in [0.2, 0.25) is 0 Å². The molecule has 1 atom stereocenters. The molecule has 0 fully saturated rings. The van der Waals surface area contributed by atoms with E-state index < -0.39 is 18.3 Å². The van der Waals surface area contributed by atoms with Crippen LogP contribution in [0.4, 0.5) is 13.2 Å². The van der Waals surface area contributed by atoms with Crippen LogP contribution in [0.5, 0.6) is 0 Å². The first-order chi connectivity index (χ1) is 5.74. The molecule has 0 rings (SSSR count). The van der Waals surface area contributed by atoms with Crippen molar-refractivity contribution in [2.24, 2.45) is 5.10 Å². The van der Waals surface area contributed by atoms with E-state index in [1.54, 1.807) is 6.92 Å². The minimum Gasteiger partial charge on any atom is -0.379 e. The van der Waals surface area contributed by atoms with Gasteiger partial charge in [0.1, 0.15) is 0 Å². The van der Waals surface area contributed by atoms with Crippen molar-refractivity contribution in [1.82, 2.24) is 5.01 Å². The zero-order valence-electron chi connectivity index (χ0n) is 7.60. The molecule has 0 aromatic carbocycles. The van der Waals surface area contributed by atoms with Crippen LogP contribution in [-0.2, 0) is 0 Å². The quantitative estimate of drug-likeness (QED) is 0.545. The molecule has 6 heteroatoms. The van der Waals surface area contributed by atoms with E-state index in [1.807, 2.05) is 0 Å². The van der Waals surface area contributed by atoms with Gasteiger partial charge in [-0.1, -0.05) is 0 Å². The number of alkyl halides is 3. The summed E-state index contributed by atoms with van der Waals surface area (Å²) >= 11 is 0. The lowest BCUT2D eigenvalue weighted by atomic mass is 10.1. The molecule has 0 heterocycles. The molecule has 13 heavy (non-hydrogen) atoms. The Morgan fingerprint density at radius 3 is 2.15 bits per heavy atom. The molecule has 0 saturated carbocycles. The van der Waals surface area contributed by atoms with Gasteiger partial charge in [0.15, 0.2) is 5.60 Å². The van der Waals surface area contributed by atoms with Crippen molar-refractivity contribution in [3.63, 3.8) is 0 Å². The van der Waals surface area contributed by atoms with Crippen LogP contribution in [0.15, 0.2) is 5.10 Å². The second-order valence-electron chi connectivity index (χ2n) is 2.89. The molecule has 3 nitrogen and oxygen atoms in total. The van der Waals surface area contributed by atoms with Gasteiger partial charge in [-0.3, -0.25) is 5.01 Å². The first kappa shape index (κ1) is 12.2. The van der Waals surface area contributed by atoms with E-state index in [0.717, 1.165) is 5.01 Å². The van der Waals surface area contributed by atoms with Gasteiger partial charge >= 0.3 is 6.18 Å². The monoisotopic (exact) mass is 198 g/mol. The first-order valence-corrected chi connectivity index (χ1v) is 3.75. The van der Waals surface area contributed by atoms with Crippen LogP contribution in [-0.4, -0.2) is 41.7 Å². The molecule has 78 valence electrons. The van der Waals surface area contributed by atoms with Crippen molar-refractivity contribution in [2.45, 2.75) is 25.6 Å². The van der Waals surface area contributed by atoms with E-state index in [-0.39, 0.29) is 6.54 Å². The zero-order valence-corrected chi connectivity index (χ0v) is 7.60. The van der Waals surface area contributed by atoms with Gasteiger partial charge in [-0.25, -0.2) is 0 Å². The number of nitrogens with zero attached hydrogens (tertiary/aromatic N) is 2. The molecule has 0 aliphatic rings. The Hall–Kier alpha value is -0.780. The van der Waals surface area contributed by atoms with Crippen molar-refractivity contribution in [3.8, 4) is 0 Å². The van der Waals surface area contributed by atoms with Gasteiger partial charge in [-0.05, 0) is 13.8 Å². The Labute approximate surface area is 74.8 Å². The number of rotatable bonds is 4. The number of likely N-dealkylation sites (N-methyl/N-ethyl adjacent to an activating group) is 1. The summed E-state index contributed by atoms with van der Waals surface area (Å²) in [4.78, 5) is 0. The second kappa shape index (κ2) is 3.95. The zero-order chi connectivity index (χ0) is 10.7. The highest BCUT2D eigenvalue weighted by Gasteiger charge is 2.50. The van der Waals surface area contributed by atoms with Crippen molar-refractivity contribution >= 4 is 6.72 Å². The molecule has 0 saturated heterocycles. The standard InChI is InChI=1S/C7H13F3N2O/c1-4-12(11-3)5-6(2,13)7(8,9)10/h13H,3-5H2,1-2H3. The predicted octanol–water partition coefficient (Wildman–Crippen LogP) is 1.24. The minimum atomic E-state index is -4.65. The Kier molecular flexibility index (Phi) is 3.71. The summed E-state index contributed by atoms with van der Waals surface area (Å²) in [5, 5.41) is 13.4. The van der Waals surface area contributed by atoms with Crippen molar-refractivity contribution < 1.29 is 18.3 Å². The molecular weight excluding hydrogens is 185 g/mol. The van der Waals surface area contributed by atoms with Gasteiger partial charge in [-0.15, -0.1) is 0 Å². The van der Waals surface area contributed by atoms with Gasteiger partial charge in [0.05, 0.1) is 6.54 Å². The molecule has 0 amide bonds. The fourth-order valence-corrected chi connectivity index (χ4v) is 0.707. The van der Waals surface area contributed by atoms with Gasteiger partial charge in [0, 0.05) is 13.3 Å². The van der Waals surface area contributed by atoms with E-state index in [2.05, 4.69) is 11.8 Å². The molecule has 0 spiro atoms. The summed E-state index contributed by atoms with van der Waals surface area (Å²) in [6.45, 7) is 5.10. The van der Waals surface area contributed by atoms with Crippen LogP contribution >= 0.6 is 0 Å². The molecule has 0 aliphatic carbocycles. The van der Waals surface area contributed by atoms with E-state index >= 15 is 0 Å². The number of hydrazone groups is 1. The maximum atomic E-state index is 12.1. The third-order valence-corrected chi connectivity index (χ3v) is 1.67. The summed E-state index contributed by atoms with van der Waals surface area (Å²) in [5.41, 5.74) is -2.75. The highest BCUT2D eigenvalue weighted by molar-refractivity contribution is 5.22. The highest BCUT2D eigenvalue weighted by atomic mass is 19.4. The van der Waals surface area contributed by atoms with Gasteiger partial charge in [0.2, 0.25) is 0 Å². The Morgan fingerprint density at radius 1 is 1.46 bits per heavy atom. The maximum absolute atomic E-state index is 12.1. The van der Waals surface area contributed by atoms with Gasteiger partial charge in [-0.2, -0.15) is 18.3 Å². The van der Waals surface area contributed by atoms with Gasteiger partial charge < -0.3 is 5.11 Å². The van der Waals surface area contributed by atoms with Crippen LogP contribution in [0.3, 0.4) is 0 Å². The van der Waals surface area contributed by atoms with Crippen LogP contribution < -0.4 is 0 Å². The van der Waals surface area contributed by atoms with E-state index in [0.29, 0.717) is 6.92 Å². The predicted molar refractivity (Wildman–Crippen MR) is 43.5 cm³/mol. The molecule has 1 N–H and O–H groups in total. The molecule has 0 aliphatic heterocycles. The van der Waals surface area contributed by atoms with Crippen molar-refractivity contribution in [1.29, 1.82) is 0 Å². The highest BCUT2D eigenvalue weighted by Crippen LogP contribution is 2.30. The molecule has 0 bridgehead atoms. The van der Waals surface area contributed by atoms with E-state index in [9.17, 15) is 13.2 Å². The van der Waals surface area contributed by atoms with Crippen LogP contribution in [0, 0.1) is 0 Å². The number of halogens is 3. The Bertz CT molecular complexity index is 179. The largest absolute Gasteiger partial charge is 0.418 e. The summed E-state index contributed by atoms with van der Waals surface area (Å²) in [7, 11) is 0. The lowest BCUT2D eigenvalue weighted by Crippen LogP contribution is -2.50. The summed E-state index contributed by atoms with van der Waals surface area (Å²) < 4.78 is 36.4. The van der Waals surface area contributed by atoms with Crippen molar-refractivity contribution in [3.05, 3.63) is 0 Å². The molecule has 1 unspecified atom stereocenters. The molecule has 0 radical (unpaired) electrons. The third kappa shape index (κ3) is 3.22. The van der Waals surface area contributed by atoms with Gasteiger partial charge in [0.25, 0.3) is 0 Å². The fraction of sp³-hybridized carbons (Fsp3) is 0.857. The topological polar surface area (TPSA) is 35.8 Å². The minimum absolute atomic E-state index is 0.274. The Morgan fingerprint density at radius 2 is 1.92 bits per heavy atom. The maximum Gasteiger partial charge on any atom is 0.418 e. The summed E-state index contributed by atoms with van der Waals surface area (Å²) in [5.74, 6) is 0. The average molecular weight is 198 g/mol. The van der Waals surface area contributed by atoms with E-state index in [1.165, 1.54) is 0 Å². The Balaban J connectivity index is 4.40. The average Bonchev–Trinajstić information content (AvgIpc) is 1.98. The smallest absolute Gasteiger partial charge is 0.379 e. The number of aliphatic hydroxyl groups is 1. The lowest BCUT2D eigenvalue weighted by molar-refractivity contribution is -0.257. The van der Waals surface area contributed by atoms with Crippen LogP contribution in [0.1, 0.15) is 13.8 Å². The third-order valence-electron chi connectivity index (χ3n) is 1.67. The normalized spacial score (nSPS) is 16.5. The van der Waals surface area contributed by atoms with E-state index in [4.69, 9.17) is 5.11 Å². The molecule has 0 aromatic rings.